The molecule has 3 aliphatic rings. The number of carbonyl (C=O) groups is 2. The summed E-state index contributed by atoms with van der Waals surface area (Å²) >= 11 is 0. The summed E-state index contributed by atoms with van der Waals surface area (Å²) in [6.45, 7) is 1.66. The molecule has 4 heteroatoms. The van der Waals surface area contributed by atoms with Crippen molar-refractivity contribution in [2.45, 2.75) is 89.5 Å². The maximum Gasteiger partial charge on any atom is 0.225 e. The topological polar surface area (TPSA) is 49.4 Å². The molecule has 3 rings (SSSR count). The molecular formula is C20H34N2O2. The predicted molar refractivity (Wildman–Crippen MR) is 95.5 cm³/mol. The van der Waals surface area contributed by atoms with Gasteiger partial charge in [0.05, 0.1) is 5.92 Å². The maximum absolute atomic E-state index is 13.1. The number of rotatable bonds is 2. The van der Waals surface area contributed by atoms with E-state index in [0.29, 0.717) is 18.2 Å². The molecule has 1 saturated heterocycles. The summed E-state index contributed by atoms with van der Waals surface area (Å²) < 4.78 is 0. The number of fused-ring (bicyclic) bond motifs is 1. The molecule has 1 N–H and O–H groups in total. The number of hydrogen-bond acceptors (Lipinski definition) is 2. The average molecular weight is 335 g/mol. The molecule has 0 aromatic rings. The Morgan fingerprint density at radius 2 is 1.62 bits per heavy atom. The SMILES string of the molecule is O=C1NCCCCCCN(C(=O)CC2CCCC2)C2CCCCC12. The van der Waals surface area contributed by atoms with Crippen LogP contribution in [0.15, 0.2) is 0 Å². The minimum atomic E-state index is 0.0179. The van der Waals surface area contributed by atoms with E-state index in [4.69, 9.17) is 0 Å². The van der Waals surface area contributed by atoms with Crippen LogP contribution in [0, 0.1) is 11.8 Å². The first-order valence-electron chi connectivity index (χ1n) is 10.3. The lowest BCUT2D eigenvalue weighted by Crippen LogP contribution is -2.51. The fraction of sp³-hybridized carbons (Fsp3) is 0.900. The van der Waals surface area contributed by atoms with Crippen LogP contribution in [-0.4, -0.2) is 35.8 Å². The van der Waals surface area contributed by atoms with E-state index in [1.54, 1.807) is 0 Å². The highest BCUT2D eigenvalue weighted by Gasteiger charge is 2.37. The molecule has 0 spiro atoms. The Bertz CT molecular complexity index is 431. The van der Waals surface area contributed by atoms with Gasteiger partial charge in [0.15, 0.2) is 0 Å². The first-order valence-corrected chi connectivity index (χ1v) is 10.3. The molecule has 0 radical (unpaired) electrons. The molecule has 24 heavy (non-hydrogen) atoms. The monoisotopic (exact) mass is 334 g/mol. The van der Waals surface area contributed by atoms with Crippen LogP contribution >= 0.6 is 0 Å². The number of nitrogens with one attached hydrogen (secondary N) is 1. The molecule has 3 fully saturated rings. The third-order valence-corrected chi connectivity index (χ3v) is 6.35. The molecular weight excluding hydrogens is 300 g/mol. The van der Waals surface area contributed by atoms with E-state index in [1.165, 1.54) is 32.1 Å². The van der Waals surface area contributed by atoms with Gasteiger partial charge in [0.2, 0.25) is 11.8 Å². The van der Waals surface area contributed by atoms with Crippen molar-refractivity contribution in [2.75, 3.05) is 13.1 Å². The first kappa shape index (κ1) is 17.8. The van der Waals surface area contributed by atoms with Gasteiger partial charge in [0.25, 0.3) is 0 Å². The molecule has 2 unspecified atom stereocenters. The van der Waals surface area contributed by atoms with Crippen LogP contribution in [0.4, 0.5) is 0 Å². The Morgan fingerprint density at radius 3 is 2.46 bits per heavy atom. The fourth-order valence-corrected chi connectivity index (χ4v) is 4.95. The van der Waals surface area contributed by atoms with Gasteiger partial charge >= 0.3 is 0 Å². The standard InChI is InChI=1S/C20H34N2O2/c23-19(15-16-9-3-4-10-16)22-14-8-2-1-7-13-21-20(24)17-11-5-6-12-18(17)22/h16-18H,1-15H2,(H,21,24). The lowest BCUT2D eigenvalue weighted by Gasteiger charge is -2.39. The highest BCUT2D eigenvalue weighted by molar-refractivity contribution is 5.82. The van der Waals surface area contributed by atoms with Gasteiger partial charge in [-0.15, -0.1) is 0 Å². The van der Waals surface area contributed by atoms with E-state index >= 15 is 0 Å². The van der Waals surface area contributed by atoms with Crippen molar-refractivity contribution in [3.63, 3.8) is 0 Å². The molecule has 136 valence electrons. The van der Waals surface area contributed by atoms with Crippen molar-refractivity contribution >= 4 is 11.8 Å². The summed E-state index contributed by atoms with van der Waals surface area (Å²) in [7, 11) is 0. The van der Waals surface area contributed by atoms with Gasteiger partial charge in [-0.2, -0.15) is 0 Å². The molecule has 2 aliphatic carbocycles. The Hall–Kier alpha value is -1.06. The van der Waals surface area contributed by atoms with E-state index in [0.717, 1.165) is 58.0 Å². The zero-order valence-corrected chi connectivity index (χ0v) is 15.1. The van der Waals surface area contributed by atoms with Gasteiger partial charge in [-0.3, -0.25) is 9.59 Å². The van der Waals surface area contributed by atoms with E-state index in [2.05, 4.69) is 10.2 Å². The van der Waals surface area contributed by atoms with Crippen molar-refractivity contribution in [2.24, 2.45) is 11.8 Å². The van der Waals surface area contributed by atoms with Crippen LogP contribution in [0.3, 0.4) is 0 Å². The van der Waals surface area contributed by atoms with Gasteiger partial charge in [-0.05, 0) is 44.4 Å². The van der Waals surface area contributed by atoms with E-state index in [-0.39, 0.29) is 17.9 Å². The molecule has 0 aromatic heterocycles. The van der Waals surface area contributed by atoms with Crippen LogP contribution in [0.5, 0.6) is 0 Å². The predicted octanol–water partition coefficient (Wildman–Crippen LogP) is 3.64. The smallest absolute Gasteiger partial charge is 0.225 e. The minimum absolute atomic E-state index is 0.0179. The van der Waals surface area contributed by atoms with E-state index in [1.807, 2.05) is 0 Å². The third-order valence-electron chi connectivity index (χ3n) is 6.35. The quantitative estimate of drug-likeness (QED) is 0.838. The molecule has 0 bridgehead atoms. The summed E-state index contributed by atoms with van der Waals surface area (Å²) in [6, 6.07) is 0.144. The average Bonchev–Trinajstić information content (AvgIpc) is 3.08. The zero-order valence-electron chi connectivity index (χ0n) is 15.1. The fourth-order valence-electron chi connectivity index (χ4n) is 4.95. The second-order valence-electron chi connectivity index (χ2n) is 8.11. The molecule has 2 amide bonds. The largest absolute Gasteiger partial charge is 0.356 e. The van der Waals surface area contributed by atoms with Crippen LogP contribution < -0.4 is 5.32 Å². The lowest BCUT2D eigenvalue weighted by molar-refractivity contribution is -0.139. The van der Waals surface area contributed by atoms with Crippen molar-refractivity contribution in [3.05, 3.63) is 0 Å². The second-order valence-corrected chi connectivity index (χ2v) is 8.11. The van der Waals surface area contributed by atoms with E-state index < -0.39 is 0 Å². The van der Waals surface area contributed by atoms with Gasteiger partial charge in [0, 0.05) is 25.6 Å². The Kier molecular flexibility index (Phi) is 6.56. The molecule has 0 aromatic carbocycles. The van der Waals surface area contributed by atoms with Crippen molar-refractivity contribution in [3.8, 4) is 0 Å². The number of nitrogens with zero attached hydrogens (tertiary/aromatic N) is 1. The summed E-state index contributed by atoms with van der Waals surface area (Å²) in [5.41, 5.74) is 0. The van der Waals surface area contributed by atoms with Crippen molar-refractivity contribution < 1.29 is 9.59 Å². The van der Waals surface area contributed by atoms with E-state index in [9.17, 15) is 9.59 Å². The number of carbonyl (C=O) groups excluding carboxylic acids is 2. The highest BCUT2D eigenvalue weighted by atomic mass is 16.2. The molecule has 1 aliphatic heterocycles. The number of hydrogen-bond donors (Lipinski definition) is 1. The third kappa shape index (κ3) is 4.52. The van der Waals surface area contributed by atoms with Crippen LogP contribution in [0.1, 0.15) is 83.5 Å². The Morgan fingerprint density at radius 1 is 0.917 bits per heavy atom. The normalized spacial score (nSPS) is 30.3. The maximum atomic E-state index is 13.1. The number of amides is 2. The molecule has 4 nitrogen and oxygen atoms in total. The summed E-state index contributed by atoms with van der Waals surface area (Å²) in [6.07, 6.45) is 14.4. The van der Waals surface area contributed by atoms with Crippen LogP contribution in [-0.2, 0) is 9.59 Å². The summed E-state index contributed by atoms with van der Waals surface area (Å²) in [5, 5.41) is 3.13. The van der Waals surface area contributed by atoms with Crippen LogP contribution in [0.2, 0.25) is 0 Å². The zero-order chi connectivity index (χ0) is 16.8. The van der Waals surface area contributed by atoms with Gasteiger partial charge in [-0.25, -0.2) is 0 Å². The highest BCUT2D eigenvalue weighted by Crippen LogP contribution is 2.32. The Labute approximate surface area is 146 Å². The molecule has 2 atom stereocenters. The van der Waals surface area contributed by atoms with Gasteiger partial charge < -0.3 is 10.2 Å². The van der Waals surface area contributed by atoms with Gasteiger partial charge in [-0.1, -0.05) is 38.5 Å². The Balaban J connectivity index is 1.72. The first-order chi connectivity index (χ1) is 11.8. The van der Waals surface area contributed by atoms with Crippen LogP contribution in [0.25, 0.3) is 0 Å². The summed E-state index contributed by atoms with van der Waals surface area (Å²) in [5.74, 6) is 1.13. The van der Waals surface area contributed by atoms with Crippen molar-refractivity contribution in [1.29, 1.82) is 0 Å². The second kappa shape index (κ2) is 8.87. The van der Waals surface area contributed by atoms with Gasteiger partial charge in [0.1, 0.15) is 0 Å². The minimum Gasteiger partial charge on any atom is -0.356 e. The molecule has 1 heterocycles. The summed E-state index contributed by atoms with van der Waals surface area (Å²) in [4.78, 5) is 27.8. The molecule has 2 saturated carbocycles. The van der Waals surface area contributed by atoms with Crippen molar-refractivity contribution in [1.82, 2.24) is 10.2 Å². The lowest BCUT2D eigenvalue weighted by atomic mass is 9.82.